The molecule has 21 heavy (non-hydrogen) atoms. The van der Waals surface area contributed by atoms with Gasteiger partial charge in [0.2, 0.25) is 0 Å². The molecule has 5 nitrogen and oxygen atoms in total. The van der Waals surface area contributed by atoms with Gasteiger partial charge in [0.05, 0.1) is 5.69 Å². The van der Waals surface area contributed by atoms with Crippen molar-refractivity contribution < 1.29 is 18.3 Å². The highest BCUT2D eigenvalue weighted by atomic mass is 19.4. The highest BCUT2D eigenvalue weighted by Gasteiger charge is 2.41. The number of hydrogen-bond donors (Lipinski definition) is 1. The molecular weight excluding hydrogens is 285 g/mol. The minimum absolute atomic E-state index is 0.0438. The average molecular weight is 294 g/mol. The molecule has 0 aliphatic rings. The first kappa shape index (κ1) is 13.2. The van der Waals surface area contributed by atoms with Gasteiger partial charge in [-0.05, 0) is 24.3 Å². The van der Waals surface area contributed by atoms with Crippen molar-refractivity contribution in [2.45, 2.75) is 6.30 Å². The van der Waals surface area contributed by atoms with Gasteiger partial charge in [-0.2, -0.15) is 4.98 Å². The van der Waals surface area contributed by atoms with Crippen molar-refractivity contribution >= 4 is 17.3 Å². The smallest absolute Gasteiger partial charge is 0.491 e. The van der Waals surface area contributed by atoms with Crippen molar-refractivity contribution in [1.29, 1.82) is 0 Å². The SMILES string of the molecule is Oc1cccn2nc(N(c3ccccc3)C(F)(F)F)nc12. The molecule has 3 rings (SSSR count). The summed E-state index contributed by atoms with van der Waals surface area (Å²) in [7, 11) is 0. The van der Waals surface area contributed by atoms with Crippen LogP contribution >= 0.6 is 0 Å². The van der Waals surface area contributed by atoms with E-state index in [1.54, 1.807) is 6.07 Å². The van der Waals surface area contributed by atoms with Crippen LogP contribution in [0.3, 0.4) is 0 Å². The number of aromatic nitrogens is 3. The number of alkyl halides is 3. The highest BCUT2D eigenvalue weighted by Crippen LogP contribution is 2.35. The maximum Gasteiger partial charge on any atom is 0.491 e. The van der Waals surface area contributed by atoms with Gasteiger partial charge < -0.3 is 5.11 Å². The molecule has 0 aliphatic heterocycles. The molecule has 108 valence electrons. The number of hydrogen-bond acceptors (Lipinski definition) is 4. The van der Waals surface area contributed by atoms with E-state index < -0.39 is 12.2 Å². The molecule has 0 amide bonds. The average Bonchev–Trinajstić information content (AvgIpc) is 2.83. The number of aromatic hydroxyl groups is 1. The third-order valence-corrected chi connectivity index (χ3v) is 2.80. The van der Waals surface area contributed by atoms with Crippen molar-refractivity contribution in [2.75, 3.05) is 4.90 Å². The van der Waals surface area contributed by atoms with Crippen LogP contribution in [-0.2, 0) is 0 Å². The number of fused-ring (bicyclic) bond motifs is 1. The summed E-state index contributed by atoms with van der Waals surface area (Å²) in [6.45, 7) is 0. The second-order valence-electron chi connectivity index (χ2n) is 4.21. The summed E-state index contributed by atoms with van der Waals surface area (Å²) in [5.74, 6) is -0.804. The van der Waals surface area contributed by atoms with Gasteiger partial charge in [-0.1, -0.05) is 18.2 Å². The molecule has 3 aromatic rings. The molecule has 0 radical (unpaired) electrons. The van der Waals surface area contributed by atoms with Crippen LogP contribution in [0.4, 0.5) is 24.8 Å². The van der Waals surface area contributed by atoms with Crippen molar-refractivity contribution in [3.8, 4) is 5.75 Å². The quantitative estimate of drug-likeness (QED) is 0.738. The van der Waals surface area contributed by atoms with Gasteiger partial charge in [-0.25, -0.2) is 9.42 Å². The zero-order chi connectivity index (χ0) is 15.0. The summed E-state index contributed by atoms with van der Waals surface area (Å²) in [6, 6.07) is 9.98. The summed E-state index contributed by atoms with van der Waals surface area (Å²) >= 11 is 0. The van der Waals surface area contributed by atoms with E-state index in [0.29, 0.717) is 0 Å². The summed E-state index contributed by atoms with van der Waals surface area (Å²) in [5.41, 5.74) is -0.155. The van der Waals surface area contributed by atoms with E-state index in [-0.39, 0.29) is 22.0 Å². The molecule has 2 aromatic heterocycles. The van der Waals surface area contributed by atoms with E-state index in [1.807, 2.05) is 0 Å². The molecule has 0 atom stereocenters. The third-order valence-electron chi connectivity index (χ3n) is 2.80. The van der Waals surface area contributed by atoms with Gasteiger partial charge in [-0.15, -0.1) is 18.3 Å². The van der Waals surface area contributed by atoms with E-state index in [9.17, 15) is 18.3 Å². The number of halogens is 3. The van der Waals surface area contributed by atoms with Crippen molar-refractivity contribution in [2.24, 2.45) is 0 Å². The molecule has 8 heteroatoms. The van der Waals surface area contributed by atoms with E-state index >= 15 is 0 Å². The lowest BCUT2D eigenvalue weighted by molar-refractivity contribution is -0.121. The van der Waals surface area contributed by atoms with Crippen LogP contribution in [0.1, 0.15) is 0 Å². The lowest BCUT2D eigenvalue weighted by atomic mass is 10.3. The Morgan fingerprint density at radius 3 is 2.38 bits per heavy atom. The van der Waals surface area contributed by atoms with E-state index in [4.69, 9.17) is 0 Å². The predicted octanol–water partition coefficient (Wildman–Crippen LogP) is 3.09. The van der Waals surface area contributed by atoms with Gasteiger partial charge in [0.1, 0.15) is 0 Å². The van der Waals surface area contributed by atoms with Crippen LogP contribution in [0.25, 0.3) is 5.65 Å². The standard InChI is InChI=1S/C13H9F3N4O/c14-13(15,16)20(9-5-2-1-3-6-9)12-17-11-10(21)7-4-8-19(11)18-12/h1-8,21H. The molecule has 0 aliphatic carbocycles. The van der Waals surface area contributed by atoms with Gasteiger partial charge in [0.15, 0.2) is 11.4 Å². The molecule has 0 unspecified atom stereocenters. The number of nitrogens with zero attached hydrogens (tertiary/aromatic N) is 4. The Morgan fingerprint density at radius 1 is 1.05 bits per heavy atom. The largest absolute Gasteiger partial charge is 0.504 e. The Kier molecular flexibility index (Phi) is 2.93. The topological polar surface area (TPSA) is 53.7 Å². The van der Waals surface area contributed by atoms with Gasteiger partial charge in [0.25, 0.3) is 5.95 Å². The minimum atomic E-state index is -4.69. The molecule has 0 spiro atoms. The van der Waals surface area contributed by atoms with Crippen molar-refractivity contribution in [3.05, 3.63) is 48.7 Å². The fraction of sp³-hybridized carbons (Fsp3) is 0.0769. The zero-order valence-corrected chi connectivity index (χ0v) is 10.5. The Balaban J connectivity index is 2.18. The molecule has 0 saturated carbocycles. The summed E-state index contributed by atoms with van der Waals surface area (Å²) in [6.07, 6.45) is -3.28. The van der Waals surface area contributed by atoms with Gasteiger partial charge in [-0.3, -0.25) is 0 Å². The van der Waals surface area contributed by atoms with E-state index in [2.05, 4.69) is 10.1 Å². The second kappa shape index (κ2) is 4.65. The Bertz CT molecular complexity index is 770. The minimum Gasteiger partial charge on any atom is -0.504 e. The number of benzene rings is 1. The predicted molar refractivity (Wildman–Crippen MR) is 69.3 cm³/mol. The van der Waals surface area contributed by atoms with Crippen LogP contribution in [0.15, 0.2) is 48.7 Å². The highest BCUT2D eigenvalue weighted by molar-refractivity contribution is 5.62. The lowest BCUT2D eigenvalue weighted by Gasteiger charge is -2.23. The number of anilines is 2. The van der Waals surface area contributed by atoms with Gasteiger partial charge in [0, 0.05) is 6.20 Å². The molecule has 2 heterocycles. The first-order valence-electron chi connectivity index (χ1n) is 5.93. The number of rotatable bonds is 2. The van der Waals surface area contributed by atoms with Crippen LogP contribution in [0, 0.1) is 0 Å². The molecule has 1 aromatic carbocycles. The van der Waals surface area contributed by atoms with Crippen LogP contribution < -0.4 is 4.90 Å². The Labute approximate surface area is 116 Å². The fourth-order valence-electron chi connectivity index (χ4n) is 1.93. The first-order chi connectivity index (χ1) is 9.97. The maximum absolute atomic E-state index is 13.3. The summed E-state index contributed by atoms with van der Waals surface area (Å²) < 4.78 is 41.0. The van der Waals surface area contributed by atoms with Crippen LogP contribution in [-0.4, -0.2) is 26.0 Å². The normalized spacial score (nSPS) is 11.8. The molecule has 0 bridgehead atoms. The zero-order valence-electron chi connectivity index (χ0n) is 10.5. The third kappa shape index (κ3) is 2.35. The monoisotopic (exact) mass is 294 g/mol. The fourth-order valence-corrected chi connectivity index (χ4v) is 1.93. The number of pyridine rings is 1. The van der Waals surface area contributed by atoms with Crippen LogP contribution in [0.2, 0.25) is 0 Å². The maximum atomic E-state index is 13.3. The van der Waals surface area contributed by atoms with Crippen LogP contribution in [0.5, 0.6) is 5.75 Å². The lowest BCUT2D eigenvalue weighted by Crippen LogP contribution is -2.34. The Hall–Kier alpha value is -2.77. The molecule has 0 fully saturated rings. The first-order valence-corrected chi connectivity index (χ1v) is 5.93. The summed E-state index contributed by atoms with van der Waals surface area (Å²) in [4.78, 5) is 3.82. The molecular formula is C13H9F3N4O. The van der Waals surface area contributed by atoms with Gasteiger partial charge >= 0.3 is 6.30 Å². The summed E-state index contributed by atoms with van der Waals surface area (Å²) in [5, 5.41) is 13.4. The number of para-hydroxylation sites is 1. The Morgan fingerprint density at radius 2 is 1.76 bits per heavy atom. The van der Waals surface area contributed by atoms with Crippen molar-refractivity contribution in [3.63, 3.8) is 0 Å². The van der Waals surface area contributed by atoms with E-state index in [1.165, 1.54) is 42.6 Å². The second-order valence-corrected chi connectivity index (χ2v) is 4.21. The molecule has 0 saturated heterocycles. The van der Waals surface area contributed by atoms with E-state index in [0.717, 1.165) is 4.52 Å². The molecule has 1 N–H and O–H groups in total. The van der Waals surface area contributed by atoms with Crippen molar-refractivity contribution in [1.82, 2.24) is 14.6 Å².